The van der Waals surface area contributed by atoms with E-state index in [2.05, 4.69) is 15.3 Å². The average Bonchev–Trinajstić information content (AvgIpc) is 3.24. The number of thiophene rings is 1. The highest BCUT2D eigenvalue weighted by Crippen LogP contribution is 2.22. The first-order valence-electron chi connectivity index (χ1n) is 9.28. The zero-order valence-electron chi connectivity index (χ0n) is 16.4. The first-order chi connectivity index (χ1) is 14.0. The van der Waals surface area contributed by atoms with Gasteiger partial charge in [0.1, 0.15) is 18.1 Å². The van der Waals surface area contributed by atoms with Gasteiger partial charge in [-0.15, -0.1) is 11.3 Å². The van der Waals surface area contributed by atoms with Crippen LogP contribution >= 0.6 is 11.3 Å². The van der Waals surface area contributed by atoms with Crippen LogP contribution in [-0.2, 0) is 6.54 Å². The van der Waals surface area contributed by atoms with Crippen molar-refractivity contribution in [1.82, 2.24) is 20.0 Å². The molecule has 1 unspecified atom stereocenters. The van der Waals surface area contributed by atoms with Crippen molar-refractivity contribution in [2.45, 2.75) is 12.6 Å². The number of nitrogens with zero attached hydrogens (tertiary/aromatic N) is 3. The van der Waals surface area contributed by atoms with Crippen molar-refractivity contribution in [3.63, 3.8) is 0 Å². The van der Waals surface area contributed by atoms with Gasteiger partial charge in [0.25, 0.3) is 11.5 Å². The van der Waals surface area contributed by atoms with Crippen LogP contribution in [0.15, 0.2) is 64.8 Å². The molecule has 1 aromatic carbocycles. The molecule has 7 nitrogen and oxygen atoms in total. The van der Waals surface area contributed by atoms with Crippen molar-refractivity contribution in [1.29, 1.82) is 0 Å². The van der Waals surface area contributed by atoms with Gasteiger partial charge < -0.3 is 15.0 Å². The van der Waals surface area contributed by atoms with Crippen molar-refractivity contribution in [2.75, 3.05) is 27.2 Å². The van der Waals surface area contributed by atoms with Crippen molar-refractivity contribution in [3.8, 4) is 5.75 Å². The summed E-state index contributed by atoms with van der Waals surface area (Å²) in [7, 11) is 3.95. The molecule has 0 aliphatic carbocycles. The first-order valence-corrected chi connectivity index (χ1v) is 10.2. The van der Waals surface area contributed by atoms with Crippen LogP contribution in [0.25, 0.3) is 0 Å². The van der Waals surface area contributed by atoms with Crippen LogP contribution in [0, 0.1) is 0 Å². The maximum absolute atomic E-state index is 12.6. The molecule has 0 radical (unpaired) electrons. The largest absolute Gasteiger partial charge is 0.492 e. The molecule has 3 aromatic rings. The van der Waals surface area contributed by atoms with E-state index in [1.807, 2.05) is 61.9 Å². The molecule has 0 spiro atoms. The predicted octanol–water partition coefficient (Wildman–Crippen LogP) is 2.42. The summed E-state index contributed by atoms with van der Waals surface area (Å²) in [4.78, 5) is 27.8. The van der Waals surface area contributed by atoms with Gasteiger partial charge in [-0.2, -0.15) is 5.10 Å². The molecule has 1 N–H and O–H groups in total. The van der Waals surface area contributed by atoms with Crippen LogP contribution in [0.4, 0.5) is 0 Å². The van der Waals surface area contributed by atoms with E-state index in [-0.39, 0.29) is 36.4 Å². The number of benzene rings is 1. The summed E-state index contributed by atoms with van der Waals surface area (Å²) in [5, 5.41) is 9.12. The maximum Gasteiger partial charge on any atom is 0.271 e. The standard InChI is InChI=1S/C21H24N4O3S/c1-24(2)18(19-9-6-14-29-19)15-22-21(27)17-10-11-20(26)25(23-17)12-13-28-16-7-4-3-5-8-16/h3-11,14,18H,12-13,15H2,1-2H3,(H,22,27). The van der Waals surface area contributed by atoms with Crippen LogP contribution in [0.1, 0.15) is 21.4 Å². The molecule has 8 heteroatoms. The summed E-state index contributed by atoms with van der Waals surface area (Å²) < 4.78 is 6.86. The Labute approximate surface area is 173 Å². The fraction of sp³-hybridized carbons (Fsp3) is 0.286. The Balaban J connectivity index is 1.60. The Morgan fingerprint density at radius 2 is 1.97 bits per heavy atom. The number of hydrogen-bond acceptors (Lipinski definition) is 6. The number of para-hydroxylation sites is 1. The lowest BCUT2D eigenvalue weighted by molar-refractivity contribution is 0.0934. The molecule has 0 saturated carbocycles. The monoisotopic (exact) mass is 412 g/mol. The fourth-order valence-electron chi connectivity index (χ4n) is 2.80. The van der Waals surface area contributed by atoms with E-state index < -0.39 is 0 Å². The number of rotatable bonds is 9. The van der Waals surface area contributed by atoms with Crippen LogP contribution in [0.3, 0.4) is 0 Å². The number of carbonyl (C=O) groups excluding carboxylic acids is 1. The summed E-state index contributed by atoms with van der Waals surface area (Å²) in [6, 6.07) is 16.3. The highest BCUT2D eigenvalue weighted by molar-refractivity contribution is 7.10. The van der Waals surface area contributed by atoms with E-state index in [1.165, 1.54) is 21.7 Å². The number of amides is 1. The summed E-state index contributed by atoms with van der Waals surface area (Å²) in [5.74, 6) is 0.406. The predicted molar refractivity (Wildman–Crippen MR) is 114 cm³/mol. The summed E-state index contributed by atoms with van der Waals surface area (Å²) >= 11 is 1.65. The molecule has 2 heterocycles. The Morgan fingerprint density at radius 1 is 1.17 bits per heavy atom. The Morgan fingerprint density at radius 3 is 2.66 bits per heavy atom. The average molecular weight is 413 g/mol. The number of nitrogens with one attached hydrogen (secondary N) is 1. The Bertz CT molecular complexity index is 971. The molecule has 0 bridgehead atoms. The molecule has 0 saturated heterocycles. The second kappa shape index (κ2) is 9.99. The minimum absolute atomic E-state index is 0.0733. The summed E-state index contributed by atoms with van der Waals surface area (Å²) in [6.07, 6.45) is 0. The smallest absolute Gasteiger partial charge is 0.271 e. The Kier molecular flexibility index (Phi) is 7.15. The van der Waals surface area contributed by atoms with E-state index in [4.69, 9.17) is 4.74 Å². The van der Waals surface area contributed by atoms with Crippen molar-refractivity contribution in [3.05, 3.63) is 80.9 Å². The number of aromatic nitrogens is 2. The second-order valence-electron chi connectivity index (χ2n) is 6.65. The molecular formula is C21H24N4O3S. The van der Waals surface area contributed by atoms with Crippen molar-refractivity contribution < 1.29 is 9.53 Å². The van der Waals surface area contributed by atoms with Gasteiger partial charge >= 0.3 is 0 Å². The Hall–Kier alpha value is -2.97. The van der Waals surface area contributed by atoms with Gasteiger partial charge in [0.2, 0.25) is 0 Å². The van der Waals surface area contributed by atoms with Gasteiger partial charge in [-0.1, -0.05) is 24.3 Å². The molecule has 0 fully saturated rings. The van der Waals surface area contributed by atoms with Gasteiger partial charge in [-0.25, -0.2) is 4.68 Å². The molecule has 0 aliphatic rings. The van der Waals surface area contributed by atoms with Gasteiger partial charge in [-0.3, -0.25) is 9.59 Å². The normalized spacial score (nSPS) is 12.0. The number of likely N-dealkylation sites (N-methyl/N-ethyl adjacent to an activating group) is 1. The van der Waals surface area contributed by atoms with E-state index in [9.17, 15) is 9.59 Å². The third kappa shape index (κ3) is 5.75. The lowest BCUT2D eigenvalue weighted by atomic mass is 10.2. The van der Waals surface area contributed by atoms with Gasteiger partial charge in [-0.05, 0) is 43.7 Å². The molecule has 3 rings (SSSR count). The number of carbonyl (C=O) groups is 1. The lowest BCUT2D eigenvalue weighted by Gasteiger charge is -2.23. The number of hydrogen-bond donors (Lipinski definition) is 1. The van der Waals surface area contributed by atoms with Crippen LogP contribution in [0.2, 0.25) is 0 Å². The molecule has 152 valence electrons. The zero-order valence-corrected chi connectivity index (χ0v) is 17.3. The van der Waals surface area contributed by atoms with Gasteiger partial charge in [0, 0.05) is 17.5 Å². The van der Waals surface area contributed by atoms with Gasteiger partial charge in [0.05, 0.1) is 12.6 Å². The summed E-state index contributed by atoms with van der Waals surface area (Å²) in [6.45, 7) is 0.984. The molecule has 1 atom stereocenters. The van der Waals surface area contributed by atoms with Crippen LogP contribution in [0.5, 0.6) is 5.75 Å². The SMILES string of the molecule is CN(C)C(CNC(=O)c1ccc(=O)n(CCOc2ccccc2)n1)c1cccs1. The third-order valence-corrected chi connectivity index (χ3v) is 5.34. The number of ether oxygens (including phenoxy) is 1. The van der Waals surface area contributed by atoms with E-state index in [0.717, 1.165) is 5.75 Å². The highest BCUT2D eigenvalue weighted by atomic mass is 32.1. The minimum atomic E-state index is -0.314. The quantitative estimate of drug-likeness (QED) is 0.584. The van der Waals surface area contributed by atoms with E-state index >= 15 is 0 Å². The molecule has 2 aromatic heterocycles. The third-order valence-electron chi connectivity index (χ3n) is 4.37. The summed E-state index contributed by atoms with van der Waals surface area (Å²) in [5.41, 5.74) is -0.0732. The van der Waals surface area contributed by atoms with E-state index in [0.29, 0.717) is 6.54 Å². The molecule has 1 amide bonds. The zero-order chi connectivity index (χ0) is 20.6. The molecular weight excluding hydrogens is 388 g/mol. The van der Waals surface area contributed by atoms with Gasteiger partial charge in [0.15, 0.2) is 0 Å². The van der Waals surface area contributed by atoms with Crippen LogP contribution < -0.4 is 15.6 Å². The molecule has 29 heavy (non-hydrogen) atoms. The second-order valence-corrected chi connectivity index (χ2v) is 7.63. The topological polar surface area (TPSA) is 76.5 Å². The highest BCUT2D eigenvalue weighted by Gasteiger charge is 2.17. The van der Waals surface area contributed by atoms with Crippen molar-refractivity contribution >= 4 is 17.2 Å². The fourth-order valence-corrected chi connectivity index (χ4v) is 3.72. The maximum atomic E-state index is 12.6. The molecule has 0 aliphatic heterocycles. The lowest BCUT2D eigenvalue weighted by Crippen LogP contribution is -2.36. The van der Waals surface area contributed by atoms with E-state index in [1.54, 1.807) is 11.3 Å². The minimum Gasteiger partial charge on any atom is -0.492 e. The first kappa shape index (κ1) is 20.8. The van der Waals surface area contributed by atoms with Crippen LogP contribution in [-0.4, -0.2) is 47.8 Å². The van der Waals surface area contributed by atoms with Crippen molar-refractivity contribution in [2.24, 2.45) is 0 Å².